The number of likely N-dealkylation sites (N-methyl/N-ethyl adjacent to an activating group) is 1. The summed E-state index contributed by atoms with van der Waals surface area (Å²) in [6.07, 6.45) is 1.53. The highest BCUT2D eigenvalue weighted by Gasteiger charge is 2.13. The standard InChI is InChI=1S/C23H26FNO5/c1-4-25(5-2)22(26)12-16(3)17-10-11-20(21(13-17)30-15-23(27)28)29-14-18-8-6-7-9-19(18)24/h6-13H,4-5,14-15H2,1-3H3,(H,27,28)/b16-12+. The molecule has 0 unspecified atom stereocenters. The van der Waals surface area contributed by atoms with Crippen molar-refractivity contribution in [2.75, 3.05) is 19.7 Å². The van der Waals surface area contributed by atoms with Gasteiger partial charge < -0.3 is 19.5 Å². The van der Waals surface area contributed by atoms with E-state index in [0.29, 0.717) is 29.8 Å². The molecular weight excluding hydrogens is 389 g/mol. The molecule has 30 heavy (non-hydrogen) atoms. The Morgan fingerprint density at radius 2 is 1.77 bits per heavy atom. The number of carboxylic acid groups (broad SMARTS) is 1. The monoisotopic (exact) mass is 415 g/mol. The van der Waals surface area contributed by atoms with Crippen LogP contribution in [0.15, 0.2) is 48.5 Å². The molecule has 0 radical (unpaired) electrons. The van der Waals surface area contributed by atoms with Crippen molar-refractivity contribution in [2.45, 2.75) is 27.4 Å². The lowest BCUT2D eigenvalue weighted by atomic mass is 10.1. The molecule has 0 spiro atoms. The van der Waals surface area contributed by atoms with Crippen molar-refractivity contribution in [2.24, 2.45) is 0 Å². The van der Waals surface area contributed by atoms with Crippen LogP contribution in [0.2, 0.25) is 0 Å². The van der Waals surface area contributed by atoms with Crippen LogP contribution < -0.4 is 9.47 Å². The first-order chi connectivity index (χ1) is 14.3. The molecule has 0 bridgehead atoms. The number of carbonyl (C=O) groups is 2. The quantitative estimate of drug-likeness (QED) is 0.590. The zero-order valence-corrected chi connectivity index (χ0v) is 17.4. The molecule has 0 aromatic heterocycles. The molecule has 0 atom stereocenters. The first-order valence-corrected chi connectivity index (χ1v) is 9.68. The number of halogens is 1. The van der Waals surface area contributed by atoms with E-state index in [2.05, 4.69) is 0 Å². The number of amides is 1. The van der Waals surface area contributed by atoms with Crippen LogP contribution in [0.1, 0.15) is 31.9 Å². The highest BCUT2D eigenvalue weighted by Crippen LogP contribution is 2.32. The van der Waals surface area contributed by atoms with E-state index in [1.807, 2.05) is 13.8 Å². The van der Waals surface area contributed by atoms with Crippen LogP contribution in [0.4, 0.5) is 4.39 Å². The van der Waals surface area contributed by atoms with E-state index in [4.69, 9.17) is 14.6 Å². The molecule has 0 saturated heterocycles. The van der Waals surface area contributed by atoms with Crippen molar-refractivity contribution in [1.29, 1.82) is 0 Å². The predicted octanol–water partition coefficient (Wildman–Crippen LogP) is 4.14. The molecule has 1 N–H and O–H groups in total. The van der Waals surface area contributed by atoms with E-state index in [0.717, 1.165) is 0 Å². The lowest BCUT2D eigenvalue weighted by Gasteiger charge is -2.17. The van der Waals surface area contributed by atoms with Gasteiger partial charge in [-0.2, -0.15) is 0 Å². The van der Waals surface area contributed by atoms with Crippen LogP contribution in [-0.4, -0.2) is 41.6 Å². The SMILES string of the molecule is CCN(CC)C(=O)/C=C(\C)c1ccc(OCc2ccccc2F)c(OCC(=O)O)c1. The summed E-state index contributed by atoms with van der Waals surface area (Å²) >= 11 is 0. The Morgan fingerprint density at radius 3 is 2.40 bits per heavy atom. The normalized spacial score (nSPS) is 11.1. The summed E-state index contributed by atoms with van der Waals surface area (Å²) in [7, 11) is 0. The van der Waals surface area contributed by atoms with Gasteiger partial charge in [0.15, 0.2) is 18.1 Å². The van der Waals surface area contributed by atoms with E-state index in [1.54, 1.807) is 48.2 Å². The molecule has 1 amide bonds. The summed E-state index contributed by atoms with van der Waals surface area (Å²) in [5, 5.41) is 8.95. The molecule has 0 fully saturated rings. The predicted molar refractivity (Wildman–Crippen MR) is 112 cm³/mol. The van der Waals surface area contributed by atoms with Crippen molar-refractivity contribution in [3.63, 3.8) is 0 Å². The minimum atomic E-state index is -1.13. The molecule has 160 valence electrons. The van der Waals surface area contributed by atoms with Gasteiger partial charge in [0.05, 0.1) is 0 Å². The largest absolute Gasteiger partial charge is 0.485 e. The highest BCUT2D eigenvalue weighted by atomic mass is 19.1. The van der Waals surface area contributed by atoms with Crippen molar-refractivity contribution in [3.8, 4) is 11.5 Å². The zero-order valence-electron chi connectivity index (χ0n) is 17.4. The fraction of sp³-hybridized carbons (Fsp3) is 0.304. The zero-order chi connectivity index (χ0) is 22.1. The van der Waals surface area contributed by atoms with Gasteiger partial charge in [-0.1, -0.05) is 24.3 Å². The third-order valence-corrected chi connectivity index (χ3v) is 4.51. The van der Waals surface area contributed by atoms with Crippen LogP contribution in [0.3, 0.4) is 0 Å². The smallest absolute Gasteiger partial charge is 0.341 e. The Labute approximate surface area is 175 Å². The first kappa shape index (κ1) is 22.9. The van der Waals surface area contributed by atoms with Crippen LogP contribution in [0.5, 0.6) is 11.5 Å². The summed E-state index contributed by atoms with van der Waals surface area (Å²) in [5.41, 5.74) is 1.76. The topological polar surface area (TPSA) is 76.1 Å². The second-order valence-electron chi connectivity index (χ2n) is 6.56. The minimum absolute atomic E-state index is 0.0370. The number of nitrogens with zero attached hydrogens (tertiary/aromatic N) is 1. The Bertz CT molecular complexity index is 922. The molecule has 6 nitrogen and oxygen atoms in total. The van der Waals surface area contributed by atoms with Gasteiger partial charge in [-0.05, 0) is 50.1 Å². The maximum absolute atomic E-state index is 13.8. The molecular formula is C23H26FNO5. The van der Waals surface area contributed by atoms with Crippen LogP contribution in [-0.2, 0) is 16.2 Å². The molecule has 2 aromatic rings. The molecule has 0 aliphatic heterocycles. The van der Waals surface area contributed by atoms with Gasteiger partial charge in [0, 0.05) is 24.7 Å². The number of carbonyl (C=O) groups excluding carboxylic acids is 1. The van der Waals surface area contributed by atoms with E-state index in [9.17, 15) is 14.0 Å². The van der Waals surface area contributed by atoms with Gasteiger partial charge >= 0.3 is 5.97 Å². The number of benzene rings is 2. The second kappa shape index (κ2) is 11.0. The van der Waals surface area contributed by atoms with Crippen LogP contribution >= 0.6 is 0 Å². The summed E-state index contributed by atoms with van der Waals surface area (Å²) in [5.74, 6) is -1.15. The maximum Gasteiger partial charge on any atom is 0.341 e. The third-order valence-electron chi connectivity index (χ3n) is 4.51. The van der Waals surface area contributed by atoms with E-state index in [1.165, 1.54) is 12.1 Å². The van der Waals surface area contributed by atoms with E-state index in [-0.39, 0.29) is 24.0 Å². The molecule has 2 aromatic carbocycles. The van der Waals surface area contributed by atoms with Crippen LogP contribution in [0.25, 0.3) is 5.57 Å². The van der Waals surface area contributed by atoms with Crippen molar-refractivity contribution in [1.82, 2.24) is 4.90 Å². The number of ether oxygens (including phenoxy) is 2. The van der Waals surface area contributed by atoms with Crippen molar-refractivity contribution < 1.29 is 28.6 Å². The fourth-order valence-electron chi connectivity index (χ4n) is 2.79. The summed E-state index contributed by atoms with van der Waals surface area (Å²) in [4.78, 5) is 25.0. The third kappa shape index (κ3) is 6.34. The van der Waals surface area contributed by atoms with Crippen molar-refractivity contribution in [3.05, 3.63) is 65.5 Å². The Hall–Kier alpha value is -3.35. The second-order valence-corrected chi connectivity index (χ2v) is 6.56. The Morgan fingerprint density at radius 1 is 1.07 bits per heavy atom. The molecule has 7 heteroatoms. The average Bonchev–Trinajstić information content (AvgIpc) is 2.72. The van der Waals surface area contributed by atoms with Gasteiger partial charge in [-0.15, -0.1) is 0 Å². The summed E-state index contributed by atoms with van der Waals surface area (Å²) in [6, 6.07) is 11.2. The number of allylic oxidation sites excluding steroid dienone is 1. The van der Waals surface area contributed by atoms with Crippen molar-refractivity contribution >= 4 is 17.4 Å². The van der Waals surface area contributed by atoms with E-state index < -0.39 is 18.4 Å². The maximum atomic E-state index is 13.8. The summed E-state index contributed by atoms with van der Waals surface area (Å²) in [6.45, 7) is 6.22. The molecule has 0 aliphatic rings. The molecule has 0 heterocycles. The average molecular weight is 415 g/mol. The summed E-state index contributed by atoms with van der Waals surface area (Å²) < 4.78 is 24.9. The molecule has 0 aliphatic carbocycles. The first-order valence-electron chi connectivity index (χ1n) is 9.68. The number of hydrogen-bond acceptors (Lipinski definition) is 4. The van der Waals surface area contributed by atoms with Crippen LogP contribution in [0, 0.1) is 5.82 Å². The van der Waals surface area contributed by atoms with Gasteiger partial charge in [0.2, 0.25) is 5.91 Å². The Balaban J connectivity index is 2.27. The van der Waals surface area contributed by atoms with Gasteiger partial charge in [-0.25, -0.2) is 9.18 Å². The number of rotatable bonds is 10. The highest BCUT2D eigenvalue weighted by molar-refractivity contribution is 5.95. The molecule has 0 saturated carbocycles. The van der Waals surface area contributed by atoms with Gasteiger partial charge in [-0.3, -0.25) is 4.79 Å². The van der Waals surface area contributed by atoms with E-state index >= 15 is 0 Å². The number of aliphatic carboxylic acids is 1. The molecule has 2 rings (SSSR count). The Kier molecular flexibility index (Phi) is 8.41. The van der Waals surface area contributed by atoms with Gasteiger partial charge in [0.25, 0.3) is 0 Å². The lowest BCUT2D eigenvalue weighted by molar-refractivity contribution is -0.139. The lowest BCUT2D eigenvalue weighted by Crippen LogP contribution is -2.28. The number of carboxylic acids is 1. The fourth-order valence-corrected chi connectivity index (χ4v) is 2.79. The minimum Gasteiger partial charge on any atom is -0.485 e. The van der Waals surface area contributed by atoms with Gasteiger partial charge in [0.1, 0.15) is 12.4 Å². The number of hydrogen-bond donors (Lipinski definition) is 1.